The number of halogens is 3. The van der Waals surface area contributed by atoms with Crippen molar-refractivity contribution in [3.63, 3.8) is 0 Å². The maximum Gasteiger partial charge on any atom is 0.411 e. The number of likely N-dealkylation sites (N-methyl/N-ethyl adjacent to an activating group) is 1. The van der Waals surface area contributed by atoms with Crippen LogP contribution in [0.1, 0.15) is 39.0 Å². The first-order valence-corrected chi connectivity index (χ1v) is 7.03. The minimum Gasteiger partial charge on any atom is -0.372 e. The van der Waals surface area contributed by atoms with Crippen LogP contribution in [-0.2, 0) is 4.74 Å². The standard InChI is InChI=1S/C13H25F3N2O/c1-2-18(12(10-17)6-3-4-7-12)8-5-9-19-11-13(14,15)16/h2-11,17H2,1H3. The molecule has 0 saturated heterocycles. The summed E-state index contributed by atoms with van der Waals surface area (Å²) < 4.78 is 40.4. The van der Waals surface area contributed by atoms with E-state index in [1.54, 1.807) is 0 Å². The lowest BCUT2D eigenvalue weighted by atomic mass is 9.95. The van der Waals surface area contributed by atoms with Gasteiger partial charge in [0.15, 0.2) is 0 Å². The second-order valence-electron chi connectivity index (χ2n) is 5.24. The molecular weight excluding hydrogens is 257 g/mol. The van der Waals surface area contributed by atoms with Gasteiger partial charge >= 0.3 is 6.18 Å². The Balaban J connectivity index is 2.29. The van der Waals surface area contributed by atoms with Crippen LogP contribution in [0, 0.1) is 0 Å². The van der Waals surface area contributed by atoms with Crippen LogP contribution in [0.5, 0.6) is 0 Å². The number of hydrogen-bond donors (Lipinski definition) is 1. The van der Waals surface area contributed by atoms with Crippen molar-refractivity contribution in [1.29, 1.82) is 0 Å². The summed E-state index contributed by atoms with van der Waals surface area (Å²) in [4.78, 5) is 2.32. The van der Waals surface area contributed by atoms with E-state index in [0.29, 0.717) is 13.0 Å². The van der Waals surface area contributed by atoms with Crippen molar-refractivity contribution in [1.82, 2.24) is 4.90 Å². The molecule has 19 heavy (non-hydrogen) atoms. The molecule has 0 aromatic carbocycles. The Hall–Kier alpha value is -0.330. The summed E-state index contributed by atoms with van der Waals surface area (Å²) in [6, 6.07) is 0. The monoisotopic (exact) mass is 282 g/mol. The van der Waals surface area contributed by atoms with Gasteiger partial charge in [-0.15, -0.1) is 0 Å². The van der Waals surface area contributed by atoms with Gasteiger partial charge in [-0.25, -0.2) is 0 Å². The van der Waals surface area contributed by atoms with Crippen LogP contribution < -0.4 is 5.73 Å². The Bertz CT molecular complexity index is 253. The lowest BCUT2D eigenvalue weighted by Crippen LogP contribution is -2.52. The zero-order valence-corrected chi connectivity index (χ0v) is 11.6. The van der Waals surface area contributed by atoms with Crippen LogP contribution in [0.15, 0.2) is 0 Å². The van der Waals surface area contributed by atoms with E-state index in [4.69, 9.17) is 5.73 Å². The summed E-state index contributed by atoms with van der Waals surface area (Å²) in [6.45, 7) is 3.34. The zero-order chi connectivity index (χ0) is 14.4. The molecule has 0 spiro atoms. The van der Waals surface area contributed by atoms with Crippen molar-refractivity contribution in [2.45, 2.75) is 50.7 Å². The van der Waals surface area contributed by atoms with Gasteiger partial charge in [0.1, 0.15) is 6.61 Å². The summed E-state index contributed by atoms with van der Waals surface area (Å²) in [6.07, 6.45) is 0.970. The van der Waals surface area contributed by atoms with Gasteiger partial charge in [0.05, 0.1) is 0 Å². The largest absolute Gasteiger partial charge is 0.411 e. The lowest BCUT2D eigenvalue weighted by molar-refractivity contribution is -0.174. The Labute approximate surface area is 113 Å². The Kier molecular flexibility index (Phi) is 6.56. The molecule has 0 amide bonds. The molecule has 114 valence electrons. The number of nitrogens with two attached hydrogens (primary N) is 1. The predicted octanol–water partition coefficient (Wildman–Crippen LogP) is 2.55. The van der Waals surface area contributed by atoms with Crippen LogP contribution in [0.4, 0.5) is 13.2 Å². The quantitative estimate of drug-likeness (QED) is 0.695. The number of hydrogen-bond acceptors (Lipinski definition) is 3. The van der Waals surface area contributed by atoms with Gasteiger partial charge in [0.2, 0.25) is 0 Å². The Morgan fingerprint density at radius 3 is 2.37 bits per heavy atom. The molecule has 1 saturated carbocycles. The fourth-order valence-corrected chi connectivity index (χ4v) is 2.96. The van der Waals surface area contributed by atoms with E-state index in [0.717, 1.165) is 25.9 Å². The highest BCUT2D eigenvalue weighted by Crippen LogP contribution is 2.34. The molecule has 2 N–H and O–H groups in total. The zero-order valence-electron chi connectivity index (χ0n) is 11.6. The molecule has 1 aliphatic rings. The van der Waals surface area contributed by atoms with Crippen LogP contribution in [0.25, 0.3) is 0 Å². The summed E-state index contributed by atoms with van der Waals surface area (Å²) >= 11 is 0. The molecule has 0 atom stereocenters. The van der Waals surface area contributed by atoms with Crippen molar-refractivity contribution >= 4 is 0 Å². The summed E-state index contributed by atoms with van der Waals surface area (Å²) in [5.41, 5.74) is 5.98. The summed E-state index contributed by atoms with van der Waals surface area (Å²) in [7, 11) is 0. The highest BCUT2D eigenvalue weighted by atomic mass is 19.4. The van der Waals surface area contributed by atoms with Gasteiger partial charge in [-0.05, 0) is 25.8 Å². The van der Waals surface area contributed by atoms with Crippen molar-refractivity contribution < 1.29 is 17.9 Å². The van der Waals surface area contributed by atoms with E-state index < -0.39 is 12.8 Å². The first-order valence-electron chi connectivity index (χ1n) is 7.03. The van der Waals surface area contributed by atoms with Gasteiger partial charge < -0.3 is 10.5 Å². The second kappa shape index (κ2) is 7.45. The average molecular weight is 282 g/mol. The fraction of sp³-hybridized carbons (Fsp3) is 1.00. The fourth-order valence-electron chi connectivity index (χ4n) is 2.96. The van der Waals surface area contributed by atoms with Crippen LogP contribution >= 0.6 is 0 Å². The Morgan fingerprint density at radius 1 is 1.26 bits per heavy atom. The smallest absolute Gasteiger partial charge is 0.372 e. The third-order valence-corrected chi connectivity index (χ3v) is 3.95. The van der Waals surface area contributed by atoms with Gasteiger partial charge in [-0.2, -0.15) is 13.2 Å². The van der Waals surface area contributed by atoms with E-state index in [1.807, 2.05) is 0 Å². The van der Waals surface area contributed by atoms with E-state index >= 15 is 0 Å². The average Bonchev–Trinajstić information content (AvgIpc) is 2.82. The molecule has 1 fully saturated rings. The molecule has 1 aliphatic carbocycles. The van der Waals surface area contributed by atoms with Gasteiger partial charge in [-0.3, -0.25) is 4.90 Å². The number of ether oxygens (including phenoxy) is 1. The first-order chi connectivity index (χ1) is 8.93. The molecule has 0 aromatic rings. The van der Waals surface area contributed by atoms with Gasteiger partial charge in [0, 0.05) is 25.2 Å². The maximum atomic E-state index is 11.9. The molecular formula is C13H25F3N2O. The number of rotatable bonds is 8. The topological polar surface area (TPSA) is 38.5 Å². The Morgan fingerprint density at radius 2 is 1.89 bits per heavy atom. The lowest BCUT2D eigenvalue weighted by Gasteiger charge is -2.40. The SMILES string of the molecule is CCN(CCCOCC(F)(F)F)C1(CN)CCCC1. The first kappa shape index (κ1) is 16.7. The van der Waals surface area contributed by atoms with E-state index in [1.165, 1.54) is 12.8 Å². The second-order valence-corrected chi connectivity index (χ2v) is 5.24. The minimum absolute atomic E-state index is 0.0682. The molecule has 3 nitrogen and oxygen atoms in total. The molecule has 0 aliphatic heterocycles. The predicted molar refractivity (Wildman–Crippen MR) is 69.0 cm³/mol. The van der Waals surface area contributed by atoms with Crippen LogP contribution in [-0.4, -0.2) is 49.5 Å². The molecule has 1 rings (SSSR count). The molecule has 6 heteroatoms. The van der Waals surface area contributed by atoms with Crippen LogP contribution in [0.2, 0.25) is 0 Å². The third kappa shape index (κ3) is 5.28. The van der Waals surface area contributed by atoms with Gasteiger partial charge in [-0.1, -0.05) is 19.8 Å². The number of nitrogens with zero attached hydrogens (tertiary/aromatic N) is 1. The molecule has 0 radical (unpaired) electrons. The van der Waals surface area contributed by atoms with Crippen molar-refractivity contribution in [3.8, 4) is 0 Å². The van der Waals surface area contributed by atoms with E-state index in [9.17, 15) is 13.2 Å². The van der Waals surface area contributed by atoms with Gasteiger partial charge in [0.25, 0.3) is 0 Å². The molecule has 0 unspecified atom stereocenters. The van der Waals surface area contributed by atoms with Crippen molar-refractivity contribution in [3.05, 3.63) is 0 Å². The highest BCUT2D eigenvalue weighted by molar-refractivity contribution is 4.95. The molecule has 0 bridgehead atoms. The van der Waals surface area contributed by atoms with E-state index in [2.05, 4.69) is 16.6 Å². The molecule has 0 heterocycles. The normalized spacial score (nSPS) is 19.3. The van der Waals surface area contributed by atoms with E-state index in [-0.39, 0.29) is 12.1 Å². The number of alkyl halides is 3. The van der Waals surface area contributed by atoms with Crippen molar-refractivity contribution in [2.24, 2.45) is 5.73 Å². The maximum absolute atomic E-state index is 11.9. The summed E-state index contributed by atoms with van der Waals surface area (Å²) in [5.74, 6) is 0. The summed E-state index contributed by atoms with van der Waals surface area (Å²) in [5, 5.41) is 0. The molecule has 0 aromatic heterocycles. The highest BCUT2D eigenvalue weighted by Gasteiger charge is 2.37. The minimum atomic E-state index is -4.23. The third-order valence-electron chi connectivity index (χ3n) is 3.95. The van der Waals surface area contributed by atoms with Crippen LogP contribution in [0.3, 0.4) is 0 Å². The van der Waals surface area contributed by atoms with Crippen molar-refractivity contribution in [2.75, 3.05) is 32.8 Å².